The van der Waals surface area contributed by atoms with Crippen molar-refractivity contribution in [1.29, 1.82) is 0 Å². The predicted molar refractivity (Wildman–Crippen MR) is 97.9 cm³/mol. The largest absolute Gasteiger partial charge is 0.346 e. The van der Waals surface area contributed by atoms with E-state index in [9.17, 15) is 4.79 Å². The van der Waals surface area contributed by atoms with Crippen molar-refractivity contribution in [3.05, 3.63) is 52.5 Å². The van der Waals surface area contributed by atoms with Crippen molar-refractivity contribution in [2.45, 2.75) is 13.5 Å². The van der Waals surface area contributed by atoms with Gasteiger partial charge in [-0.15, -0.1) is 11.3 Å². The summed E-state index contributed by atoms with van der Waals surface area (Å²) >= 11 is 1.51. The van der Waals surface area contributed by atoms with E-state index in [0.29, 0.717) is 6.54 Å². The number of rotatable bonds is 6. The second-order valence-electron chi connectivity index (χ2n) is 6.27. The first-order chi connectivity index (χ1) is 11.5. The number of likely N-dealkylation sites (N-methyl/N-ethyl adjacent to an activating group) is 1. The van der Waals surface area contributed by atoms with Crippen molar-refractivity contribution < 1.29 is 9.69 Å². The highest BCUT2D eigenvalue weighted by molar-refractivity contribution is 7.20. The highest BCUT2D eigenvalue weighted by atomic mass is 32.1. The van der Waals surface area contributed by atoms with Crippen LogP contribution >= 0.6 is 11.3 Å². The minimum atomic E-state index is 0.00288. The predicted octanol–water partition coefficient (Wildman–Crippen LogP) is 1.33. The van der Waals surface area contributed by atoms with Gasteiger partial charge in [-0.25, -0.2) is 0 Å². The van der Waals surface area contributed by atoms with Gasteiger partial charge in [-0.2, -0.15) is 5.10 Å². The van der Waals surface area contributed by atoms with Gasteiger partial charge >= 0.3 is 0 Å². The Kier molecular flexibility index (Phi) is 4.97. The molecule has 0 fully saturated rings. The molecule has 0 saturated heterocycles. The number of aromatic nitrogens is 2. The maximum Gasteiger partial charge on any atom is 0.261 e. The zero-order valence-corrected chi connectivity index (χ0v) is 15.1. The zero-order valence-electron chi connectivity index (χ0n) is 14.3. The first kappa shape index (κ1) is 16.7. The molecule has 0 bridgehead atoms. The van der Waals surface area contributed by atoms with E-state index >= 15 is 0 Å². The molecule has 6 heteroatoms. The third-order valence-corrected chi connectivity index (χ3v) is 5.06. The van der Waals surface area contributed by atoms with E-state index in [0.717, 1.165) is 33.9 Å². The van der Waals surface area contributed by atoms with Gasteiger partial charge in [0.2, 0.25) is 0 Å². The normalized spacial score (nSPS) is 11.3. The van der Waals surface area contributed by atoms with E-state index in [2.05, 4.69) is 36.6 Å². The van der Waals surface area contributed by atoms with Gasteiger partial charge in [-0.1, -0.05) is 30.3 Å². The molecular weight excluding hydrogens is 320 g/mol. The molecule has 0 saturated carbocycles. The summed E-state index contributed by atoms with van der Waals surface area (Å²) in [5, 5.41) is 8.68. The zero-order chi connectivity index (χ0) is 17.1. The molecule has 1 aromatic carbocycles. The summed E-state index contributed by atoms with van der Waals surface area (Å²) in [4.78, 5) is 15.5. The third kappa shape index (κ3) is 3.66. The molecule has 2 aromatic heterocycles. The Balaban J connectivity index is 1.80. The summed E-state index contributed by atoms with van der Waals surface area (Å²) < 4.78 is 1.99. The molecule has 0 spiro atoms. The van der Waals surface area contributed by atoms with Crippen molar-refractivity contribution in [2.24, 2.45) is 0 Å². The van der Waals surface area contributed by atoms with Crippen molar-refractivity contribution in [3.63, 3.8) is 0 Å². The van der Waals surface area contributed by atoms with Crippen molar-refractivity contribution in [2.75, 3.05) is 27.2 Å². The smallest absolute Gasteiger partial charge is 0.261 e. The Morgan fingerprint density at radius 1 is 1.29 bits per heavy atom. The van der Waals surface area contributed by atoms with Crippen molar-refractivity contribution >= 4 is 27.5 Å². The highest BCUT2D eigenvalue weighted by Crippen LogP contribution is 2.28. The molecule has 5 nitrogen and oxygen atoms in total. The Bertz CT molecular complexity index is 835. The molecule has 2 heterocycles. The lowest BCUT2D eigenvalue weighted by Crippen LogP contribution is -3.06. The van der Waals surface area contributed by atoms with Gasteiger partial charge in [-0.3, -0.25) is 9.48 Å². The maximum absolute atomic E-state index is 12.3. The van der Waals surface area contributed by atoms with Crippen LogP contribution in [0, 0.1) is 6.92 Å². The number of carbonyl (C=O) groups excluding carboxylic acids is 1. The SMILES string of the molecule is Cc1nn(Cc2ccccc2)c2sc(C(=O)NCC[NH+](C)C)cc12. The molecule has 3 aromatic rings. The van der Waals surface area contributed by atoms with Gasteiger partial charge in [0.15, 0.2) is 0 Å². The average Bonchev–Trinajstić information content (AvgIpc) is 3.10. The van der Waals surface area contributed by atoms with Gasteiger partial charge in [0.25, 0.3) is 5.91 Å². The van der Waals surface area contributed by atoms with E-state index in [-0.39, 0.29) is 5.91 Å². The number of quaternary nitrogens is 1. The Morgan fingerprint density at radius 3 is 2.75 bits per heavy atom. The van der Waals surface area contributed by atoms with Crippen molar-refractivity contribution in [3.8, 4) is 0 Å². The van der Waals surface area contributed by atoms with Gasteiger partial charge in [0.05, 0.1) is 44.3 Å². The second-order valence-corrected chi connectivity index (χ2v) is 7.30. The summed E-state index contributed by atoms with van der Waals surface area (Å²) in [6.45, 7) is 4.31. The van der Waals surface area contributed by atoms with Crippen LogP contribution in [-0.4, -0.2) is 42.9 Å². The molecule has 3 rings (SSSR count). The van der Waals surface area contributed by atoms with E-state index in [4.69, 9.17) is 0 Å². The molecule has 1 amide bonds. The number of benzene rings is 1. The molecule has 0 aliphatic heterocycles. The van der Waals surface area contributed by atoms with Crippen LogP contribution in [0.4, 0.5) is 0 Å². The number of fused-ring (bicyclic) bond motifs is 1. The van der Waals surface area contributed by atoms with Crippen molar-refractivity contribution in [1.82, 2.24) is 15.1 Å². The Labute approximate surface area is 145 Å². The standard InChI is InChI=1S/C18H22N4OS/c1-13-15-11-16(17(23)19-9-10-21(2)3)24-18(15)22(20-13)12-14-7-5-4-6-8-14/h4-8,11H,9-10,12H2,1-3H3,(H,19,23)/p+1. The van der Waals surface area contributed by atoms with E-state index < -0.39 is 0 Å². The van der Waals surface area contributed by atoms with E-state index in [1.165, 1.54) is 21.8 Å². The number of amides is 1. The summed E-state index contributed by atoms with van der Waals surface area (Å²) in [7, 11) is 4.15. The fourth-order valence-corrected chi connectivity index (χ4v) is 3.68. The molecule has 2 N–H and O–H groups in total. The monoisotopic (exact) mass is 343 g/mol. The van der Waals surface area contributed by atoms with Crippen LogP contribution in [0.25, 0.3) is 10.2 Å². The topological polar surface area (TPSA) is 51.4 Å². The number of aryl methyl sites for hydroxylation is 1. The Morgan fingerprint density at radius 2 is 2.04 bits per heavy atom. The third-order valence-electron chi connectivity index (χ3n) is 3.92. The van der Waals surface area contributed by atoms with E-state index in [1.54, 1.807) is 0 Å². The second kappa shape index (κ2) is 7.15. The number of nitrogens with one attached hydrogen (secondary N) is 2. The highest BCUT2D eigenvalue weighted by Gasteiger charge is 2.16. The molecule has 0 atom stereocenters. The summed E-state index contributed by atoms with van der Waals surface area (Å²) in [6.07, 6.45) is 0. The number of carbonyl (C=O) groups is 1. The lowest BCUT2D eigenvalue weighted by atomic mass is 10.2. The number of thiophene rings is 1. The fraction of sp³-hybridized carbons (Fsp3) is 0.333. The molecule has 0 radical (unpaired) electrons. The summed E-state index contributed by atoms with van der Waals surface area (Å²) in [5.41, 5.74) is 2.17. The lowest BCUT2D eigenvalue weighted by molar-refractivity contribution is -0.856. The van der Waals surface area contributed by atoms with E-state index in [1.807, 2.05) is 35.9 Å². The Hall–Kier alpha value is -2.18. The molecule has 24 heavy (non-hydrogen) atoms. The van der Waals surface area contributed by atoms with Crippen LogP contribution in [0.3, 0.4) is 0 Å². The molecule has 0 aliphatic carbocycles. The number of hydrogen-bond donors (Lipinski definition) is 2. The molecule has 126 valence electrons. The quantitative estimate of drug-likeness (QED) is 0.709. The van der Waals surface area contributed by atoms with Crippen LogP contribution in [-0.2, 0) is 6.54 Å². The summed E-state index contributed by atoms with van der Waals surface area (Å²) in [6, 6.07) is 12.2. The van der Waals surface area contributed by atoms with Gasteiger partial charge in [0.1, 0.15) is 4.83 Å². The van der Waals surface area contributed by atoms with Gasteiger partial charge < -0.3 is 10.2 Å². The average molecular weight is 343 g/mol. The van der Waals surface area contributed by atoms with Gasteiger partial charge in [0, 0.05) is 5.39 Å². The minimum Gasteiger partial charge on any atom is -0.346 e. The first-order valence-electron chi connectivity index (χ1n) is 8.12. The van der Waals surface area contributed by atoms with Crippen LogP contribution in [0.1, 0.15) is 20.9 Å². The first-order valence-corrected chi connectivity index (χ1v) is 8.94. The number of hydrogen-bond acceptors (Lipinski definition) is 3. The summed E-state index contributed by atoms with van der Waals surface area (Å²) in [5.74, 6) is 0.00288. The molecular formula is C18H23N4OS+. The molecule has 0 unspecified atom stereocenters. The molecule has 0 aliphatic rings. The van der Waals surface area contributed by atoms with Crippen LogP contribution in [0.5, 0.6) is 0 Å². The van der Waals surface area contributed by atoms with Crippen LogP contribution in [0.15, 0.2) is 36.4 Å². The minimum absolute atomic E-state index is 0.00288. The lowest BCUT2D eigenvalue weighted by Gasteiger charge is -2.07. The number of nitrogens with zero attached hydrogens (tertiary/aromatic N) is 2. The van der Waals surface area contributed by atoms with Gasteiger partial charge in [-0.05, 0) is 18.6 Å². The van der Waals surface area contributed by atoms with Crippen LogP contribution < -0.4 is 10.2 Å². The maximum atomic E-state index is 12.3. The van der Waals surface area contributed by atoms with Crippen LogP contribution in [0.2, 0.25) is 0 Å². The fourth-order valence-electron chi connectivity index (χ4n) is 2.60.